The number of carbonyl (C=O) groups excluding carboxylic acids is 1. The van der Waals surface area contributed by atoms with Gasteiger partial charge in [-0.3, -0.25) is 9.78 Å². The molecule has 0 unspecified atom stereocenters. The molecule has 1 atom stereocenters. The smallest absolute Gasteiger partial charge is 0.326 e. The highest BCUT2D eigenvalue weighted by Gasteiger charge is 2.22. The highest BCUT2D eigenvalue weighted by Crippen LogP contribution is 2.20. The SMILES string of the molecule is O=C(N[C@@H](Cc1ccc(OCc2ccccc2)cc1)C(=O)O)c1cn2cc(-c3ccncc3)ccc2n1. The van der Waals surface area contributed by atoms with Crippen molar-refractivity contribution in [2.24, 2.45) is 0 Å². The molecule has 5 aromatic rings. The highest BCUT2D eigenvalue weighted by atomic mass is 16.5. The Balaban J connectivity index is 1.24. The van der Waals surface area contributed by atoms with E-state index in [1.165, 1.54) is 0 Å². The van der Waals surface area contributed by atoms with Gasteiger partial charge in [-0.25, -0.2) is 9.78 Å². The normalized spacial score (nSPS) is 11.7. The van der Waals surface area contributed by atoms with Crippen molar-refractivity contribution in [3.63, 3.8) is 0 Å². The first-order valence-electron chi connectivity index (χ1n) is 11.7. The van der Waals surface area contributed by atoms with Crippen LogP contribution in [0.4, 0.5) is 0 Å². The number of fused-ring (bicyclic) bond motifs is 1. The molecule has 0 saturated heterocycles. The summed E-state index contributed by atoms with van der Waals surface area (Å²) >= 11 is 0. The number of rotatable bonds is 9. The minimum absolute atomic E-state index is 0.125. The van der Waals surface area contributed by atoms with Gasteiger partial charge in [0.1, 0.15) is 29.7 Å². The Kier molecular flexibility index (Phi) is 6.89. The monoisotopic (exact) mass is 492 g/mol. The maximum absolute atomic E-state index is 12.9. The third kappa shape index (κ3) is 5.82. The van der Waals surface area contributed by atoms with Gasteiger partial charge in [0.15, 0.2) is 0 Å². The van der Waals surface area contributed by atoms with Gasteiger partial charge in [-0.1, -0.05) is 42.5 Å². The fraction of sp³-hybridized carbons (Fsp3) is 0.103. The molecule has 0 aliphatic heterocycles. The van der Waals surface area contributed by atoms with Gasteiger partial charge in [0.2, 0.25) is 0 Å². The van der Waals surface area contributed by atoms with E-state index in [1.807, 2.05) is 60.8 Å². The number of nitrogens with one attached hydrogen (secondary N) is 1. The number of amides is 1. The third-order valence-electron chi connectivity index (χ3n) is 5.91. The summed E-state index contributed by atoms with van der Waals surface area (Å²) in [5.41, 5.74) is 4.47. The van der Waals surface area contributed by atoms with Crippen LogP contribution in [0.15, 0.2) is 104 Å². The summed E-state index contributed by atoms with van der Waals surface area (Å²) in [7, 11) is 0. The van der Waals surface area contributed by atoms with Crippen molar-refractivity contribution >= 4 is 17.5 Å². The fourth-order valence-corrected chi connectivity index (χ4v) is 3.95. The van der Waals surface area contributed by atoms with E-state index in [0.717, 1.165) is 22.3 Å². The minimum Gasteiger partial charge on any atom is -0.489 e. The standard InChI is InChI=1S/C29H24N4O4/c34-28(26-18-33-17-23(8-11-27(33)31-26)22-12-14-30-15-13-22)32-25(29(35)36)16-20-6-9-24(10-7-20)37-19-21-4-2-1-3-5-21/h1-15,17-18,25H,16,19H2,(H,32,34)(H,35,36)/t25-/m0/s1. The number of hydrogen-bond donors (Lipinski definition) is 2. The second-order valence-corrected chi connectivity index (χ2v) is 8.53. The van der Waals surface area contributed by atoms with Gasteiger partial charge in [0.05, 0.1) is 0 Å². The highest BCUT2D eigenvalue weighted by molar-refractivity contribution is 5.95. The van der Waals surface area contributed by atoms with Gasteiger partial charge in [-0.2, -0.15) is 0 Å². The first-order valence-corrected chi connectivity index (χ1v) is 11.7. The summed E-state index contributed by atoms with van der Waals surface area (Å²) < 4.78 is 7.53. The van der Waals surface area contributed by atoms with E-state index >= 15 is 0 Å². The first kappa shape index (κ1) is 23.7. The lowest BCUT2D eigenvalue weighted by Crippen LogP contribution is -2.42. The Morgan fingerprint density at radius 3 is 2.35 bits per heavy atom. The van der Waals surface area contributed by atoms with Crippen LogP contribution in [-0.4, -0.2) is 37.4 Å². The Morgan fingerprint density at radius 2 is 1.62 bits per heavy atom. The number of pyridine rings is 2. The quantitative estimate of drug-likeness (QED) is 0.316. The van der Waals surface area contributed by atoms with E-state index < -0.39 is 17.9 Å². The molecule has 2 aromatic carbocycles. The fourth-order valence-electron chi connectivity index (χ4n) is 3.95. The Hall–Kier alpha value is -4.98. The lowest BCUT2D eigenvalue weighted by atomic mass is 10.1. The largest absolute Gasteiger partial charge is 0.489 e. The first-order chi connectivity index (χ1) is 18.0. The molecule has 0 aliphatic carbocycles. The van der Waals surface area contributed by atoms with Crippen LogP contribution in [0.1, 0.15) is 21.6 Å². The summed E-state index contributed by atoms with van der Waals surface area (Å²) in [6.07, 6.45) is 7.00. The lowest BCUT2D eigenvalue weighted by molar-refractivity contribution is -0.139. The van der Waals surface area contributed by atoms with Crippen LogP contribution in [0, 0.1) is 0 Å². The molecule has 8 nitrogen and oxygen atoms in total. The molecule has 0 bridgehead atoms. The Labute approximate surface area is 213 Å². The maximum atomic E-state index is 12.9. The van der Waals surface area contributed by atoms with Crippen molar-refractivity contribution in [3.05, 3.63) is 120 Å². The van der Waals surface area contributed by atoms with Crippen LogP contribution < -0.4 is 10.1 Å². The van der Waals surface area contributed by atoms with Crippen molar-refractivity contribution < 1.29 is 19.4 Å². The lowest BCUT2D eigenvalue weighted by Gasteiger charge is -2.14. The van der Waals surface area contributed by atoms with E-state index in [2.05, 4.69) is 15.3 Å². The molecular weight excluding hydrogens is 468 g/mol. The summed E-state index contributed by atoms with van der Waals surface area (Å²) in [5, 5.41) is 12.3. The van der Waals surface area contributed by atoms with E-state index in [4.69, 9.17) is 4.74 Å². The number of nitrogens with zero attached hydrogens (tertiary/aromatic N) is 3. The van der Waals surface area contributed by atoms with Crippen LogP contribution >= 0.6 is 0 Å². The molecule has 8 heteroatoms. The van der Waals surface area contributed by atoms with Gasteiger partial charge in [-0.15, -0.1) is 0 Å². The number of ether oxygens (including phenoxy) is 1. The van der Waals surface area contributed by atoms with Crippen LogP contribution in [0.2, 0.25) is 0 Å². The summed E-state index contributed by atoms with van der Waals surface area (Å²) in [4.78, 5) is 33.2. The molecule has 1 amide bonds. The molecule has 5 rings (SSSR count). The predicted molar refractivity (Wildman–Crippen MR) is 138 cm³/mol. The van der Waals surface area contributed by atoms with Crippen LogP contribution in [0.3, 0.4) is 0 Å². The molecule has 0 saturated carbocycles. The molecule has 0 radical (unpaired) electrons. The van der Waals surface area contributed by atoms with Crippen LogP contribution in [0.25, 0.3) is 16.8 Å². The summed E-state index contributed by atoms with van der Waals surface area (Å²) in [5.74, 6) is -0.995. The summed E-state index contributed by atoms with van der Waals surface area (Å²) in [6, 6.07) is 23.4. The average Bonchev–Trinajstić information content (AvgIpc) is 3.37. The Morgan fingerprint density at radius 1 is 0.865 bits per heavy atom. The van der Waals surface area contributed by atoms with Crippen molar-refractivity contribution in [1.82, 2.24) is 19.7 Å². The third-order valence-corrected chi connectivity index (χ3v) is 5.91. The number of aliphatic carboxylic acids is 1. The molecule has 184 valence electrons. The predicted octanol–water partition coefficient (Wildman–Crippen LogP) is 4.40. The van der Waals surface area contributed by atoms with Crippen molar-refractivity contribution in [1.29, 1.82) is 0 Å². The number of imidazole rings is 1. The van der Waals surface area contributed by atoms with E-state index in [-0.39, 0.29) is 12.1 Å². The van der Waals surface area contributed by atoms with Gasteiger partial charge >= 0.3 is 5.97 Å². The molecule has 3 heterocycles. The topological polar surface area (TPSA) is 106 Å². The molecule has 2 N–H and O–H groups in total. The molecule has 37 heavy (non-hydrogen) atoms. The molecule has 0 aliphatic rings. The van der Waals surface area contributed by atoms with E-state index in [1.54, 1.807) is 47.3 Å². The van der Waals surface area contributed by atoms with Gasteiger partial charge in [0.25, 0.3) is 5.91 Å². The zero-order chi connectivity index (χ0) is 25.6. The maximum Gasteiger partial charge on any atom is 0.326 e. The van der Waals surface area contributed by atoms with Crippen molar-refractivity contribution in [2.75, 3.05) is 0 Å². The number of carbonyl (C=O) groups is 2. The zero-order valence-corrected chi connectivity index (χ0v) is 19.8. The number of benzene rings is 2. The number of hydrogen-bond acceptors (Lipinski definition) is 5. The average molecular weight is 493 g/mol. The zero-order valence-electron chi connectivity index (χ0n) is 19.8. The minimum atomic E-state index is -1.12. The molecule has 0 fully saturated rings. The van der Waals surface area contributed by atoms with Gasteiger partial charge in [-0.05, 0) is 58.7 Å². The second-order valence-electron chi connectivity index (χ2n) is 8.53. The van der Waals surface area contributed by atoms with Gasteiger partial charge < -0.3 is 19.6 Å². The van der Waals surface area contributed by atoms with Crippen LogP contribution in [0.5, 0.6) is 5.75 Å². The summed E-state index contributed by atoms with van der Waals surface area (Å²) in [6.45, 7) is 0.442. The molecule has 3 aromatic heterocycles. The number of aromatic nitrogens is 3. The molecule has 0 spiro atoms. The van der Waals surface area contributed by atoms with Gasteiger partial charge in [0, 0.05) is 31.2 Å². The van der Waals surface area contributed by atoms with Crippen molar-refractivity contribution in [3.8, 4) is 16.9 Å². The van der Waals surface area contributed by atoms with Crippen molar-refractivity contribution in [2.45, 2.75) is 19.1 Å². The second kappa shape index (κ2) is 10.7. The Bertz CT molecular complexity index is 1520. The van der Waals surface area contributed by atoms with E-state index in [0.29, 0.717) is 18.0 Å². The van der Waals surface area contributed by atoms with E-state index in [9.17, 15) is 14.7 Å². The number of carboxylic acids is 1. The molecular formula is C29H24N4O4. The number of carboxylic acid groups (broad SMARTS) is 1. The van der Waals surface area contributed by atoms with Crippen LogP contribution in [-0.2, 0) is 17.8 Å².